The number of halogens is 3. The molecule has 146 valence electrons. The standard InChI is InChI=1S/C19H21F3N2O3/c1-2-7-18(17(26)27)8-10-24(11-15(18)25)14-6-9-23-16-12(14)4-3-5-13(16)19(20,21)22/h3-6,9,15,25H,2,7-8,10-11H2,1H3,(H,26,27)/t15-,18+/m1/s1. The summed E-state index contributed by atoms with van der Waals surface area (Å²) in [6.45, 7) is 2.24. The van der Waals surface area contributed by atoms with Crippen LogP contribution >= 0.6 is 0 Å². The smallest absolute Gasteiger partial charge is 0.418 e. The molecular weight excluding hydrogens is 361 g/mol. The zero-order chi connectivity index (χ0) is 19.8. The molecule has 0 radical (unpaired) electrons. The van der Waals surface area contributed by atoms with Crippen molar-refractivity contribution in [2.75, 3.05) is 18.0 Å². The van der Waals surface area contributed by atoms with Crippen LogP contribution < -0.4 is 4.90 Å². The van der Waals surface area contributed by atoms with E-state index in [-0.39, 0.29) is 18.5 Å². The number of rotatable bonds is 4. The van der Waals surface area contributed by atoms with Gasteiger partial charge in [-0.1, -0.05) is 25.5 Å². The van der Waals surface area contributed by atoms with Gasteiger partial charge in [-0.3, -0.25) is 9.78 Å². The molecule has 0 unspecified atom stereocenters. The number of benzene rings is 1. The maximum Gasteiger partial charge on any atom is 0.418 e. The molecule has 1 saturated heterocycles. The Balaban J connectivity index is 1.99. The Morgan fingerprint density at radius 2 is 2.11 bits per heavy atom. The second kappa shape index (κ2) is 6.99. The molecule has 0 spiro atoms. The number of carbonyl (C=O) groups is 1. The maximum atomic E-state index is 13.3. The van der Waals surface area contributed by atoms with Crippen LogP contribution in [0.4, 0.5) is 18.9 Å². The molecule has 1 aromatic carbocycles. The summed E-state index contributed by atoms with van der Waals surface area (Å²) in [5.74, 6) is -1.03. The number of para-hydroxylation sites is 1. The molecular formula is C19H21F3N2O3. The Hall–Kier alpha value is -2.35. The molecule has 0 bridgehead atoms. The molecule has 2 aromatic rings. The van der Waals surface area contributed by atoms with E-state index in [0.717, 1.165) is 6.07 Å². The third-order valence-corrected chi connectivity index (χ3v) is 5.38. The van der Waals surface area contributed by atoms with E-state index in [1.54, 1.807) is 17.0 Å². The average Bonchev–Trinajstić information content (AvgIpc) is 2.61. The number of hydrogen-bond donors (Lipinski definition) is 2. The Morgan fingerprint density at radius 3 is 2.70 bits per heavy atom. The molecule has 3 rings (SSSR count). The summed E-state index contributed by atoms with van der Waals surface area (Å²) in [7, 11) is 0. The number of alkyl halides is 3. The van der Waals surface area contributed by atoms with Crippen molar-refractivity contribution in [2.24, 2.45) is 5.41 Å². The highest BCUT2D eigenvalue weighted by molar-refractivity contribution is 5.94. The molecule has 1 aliphatic heterocycles. The third-order valence-electron chi connectivity index (χ3n) is 5.38. The first-order valence-electron chi connectivity index (χ1n) is 8.82. The van der Waals surface area contributed by atoms with Crippen molar-refractivity contribution >= 4 is 22.6 Å². The van der Waals surface area contributed by atoms with Gasteiger partial charge in [-0.05, 0) is 25.0 Å². The summed E-state index contributed by atoms with van der Waals surface area (Å²) < 4.78 is 39.8. The molecule has 5 nitrogen and oxygen atoms in total. The number of pyridine rings is 1. The van der Waals surface area contributed by atoms with Gasteiger partial charge in [0.1, 0.15) is 0 Å². The Bertz CT molecular complexity index is 856. The highest BCUT2D eigenvalue weighted by atomic mass is 19.4. The van der Waals surface area contributed by atoms with E-state index < -0.39 is 29.2 Å². The van der Waals surface area contributed by atoms with Gasteiger partial charge in [-0.25, -0.2) is 0 Å². The minimum Gasteiger partial charge on any atom is -0.481 e. The van der Waals surface area contributed by atoms with Gasteiger partial charge in [-0.15, -0.1) is 0 Å². The Morgan fingerprint density at radius 1 is 1.37 bits per heavy atom. The molecule has 0 aliphatic carbocycles. The number of carboxylic acids is 1. The van der Waals surface area contributed by atoms with Crippen LogP contribution in [0.2, 0.25) is 0 Å². The van der Waals surface area contributed by atoms with E-state index in [0.29, 0.717) is 30.5 Å². The number of piperidine rings is 1. The number of aromatic nitrogens is 1. The zero-order valence-electron chi connectivity index (χ0n) is 14.8. The minimum atomic E-state index is -4.52. The van der Waals surface area contributed by atoms with Gasteiger partial charge in [0.25, 0.3) is 0 Å². The monoisotopic (exact) mass is 382 g/mol. The summed E-state index contributed by atoms with van der Waals surface area (Å²) in [6, 6.07) is 5.48. The van der Waals surface area contributed by atoms with Crippen molar-refractivity contribution in [2.45, 2.75) is 38.5 Å². The highest BCUT2D eigenvalue weighted by Gasteiger charge is 2.48. The molecule has 0 amide bonds. The lowest BCUT2D eigenvalue weighted by molar-refractivity contribution is -0.159. The van der Waals surface area contributed by atoms with Crippen molar-refractivity contribution in [1.29, 1.82) is 0 Å². The predicted octanol–water partition coefficient (Wildman–Crippen LogP) is 3.70. The van der Waals surface area contributed by atoms with Crippen molar-refractivity contribution < 1.29 is 28.2 Å². The van der Waals surface area contributed by atoms with Crippen LogP contribution in [-0.2, 0) is 11.0 Å². The number of anilines is 1. The molecule has 1 fully saturated rings. The van der Waals surface area contributed by atoms with E-state index in [9.17, 15) is 28.2 Å². The fourth-order valence-electron chi connectivity index (χ4n) is 3.95. The minimum absolute atomic E-state index is 0.0433. The number of aliphatic carboxylic acids is 1. The molecule has 2 N–H and O–H groups in total. The fourth-order valence-corrected chi connectivity index (χ4v) is 3.95. The van der Waals surface area contributed by atoms with Crippen molar-refractivity contribution in [3.05, 3.63) is 36.0 Å². The lowest BCUT2D eigenvalue weighted by atomic mass is 9.72. The molecule has 8 heteroatoms. The predicted molar refractivity (Wildman–Crippen MR) is 94.6 cm³/mol. The van der Waals surface area contributed by atoms with E-state index in [1.807, 2.05) is 6.92 Å². The molecule has 0 saturated carbocycles. The number of fused-ring (bicyclic) bond motifs is 1. The summed E-state index contributed by atoms with van der Waals surface area (Å²) in [6.07, 6.45) is -3.13. The quantitative estimate of drug-likeness (QED) is 0.844. The van der Waals surface area contributed by atoms with Crippen LogP contribution in [-0.4, -0.2) is 40.4 Å². The lowest BCUT2D eigenvalue weighted by Gasteiger charge is -2.43. The first-order chi connectivity index (χ1) is 12.7. The zero-order valence-corrected chi connectivity index (χ0v) is 14.8. The van der Waals surface area contributed by atoms with E-state index in [4.69, 9.17) is 0 Å². The first kappa shape index (κ1) is 19.4. The van der Waals surface area contributed by atoms with Gasteiger partial charge in [0.15, 0.2) is 0 Å². The van der Waals surface area contributed by atoms with Crippen molar-refractivity contribution in [1.82, 2.24) is 4.98 Å². The maximum absolute atomic E-state index is 13.3. The molecule has 1 aromatic heterocycles. The van der Waals surface area contributed by atoms with Gasteiger partial charge in [0.05, 0.1) is 22.6 Å². The van der Waals surface area contributed by atoms with Crippen molar-refractivity contribution in [3.63, 3.8) is 0 Å². The number of β-amino-alcohol motifs (C(OH)–C–C–N with tert-alkyl or cyclic N) is 1. The van der Waals surface area contributed by atoms with E-state index in [1.165, 1.54) is 12.3 Å². The van der Waals surface area contributed by atoms with Gasteiger partial charge in [0.2, 0.25) is 0 Å². The average molecular weight is 382 g/mol. The van der Waals surface area contributed by atoms with Crippen molar-refractivity contribution in [3.8, 4) is 0 Å². The number of aliphatic hydroxyl groups is 1. The highest BCUT2D eigenvalue weighted by Crippen LogP contribution is 2.41. The largest absolute Gasteiger partial charge is 0.481 e. The topological polar surface area (TPSA) is 73.7 Å². The van der Waals surface area contributed by atoms with E-state index >= 15 is 0 Å². The number of carboxylic acid groups (broad SMARTS) is 1. The van der Waals surface area contributed by atoms with Gasteiger partial charge < -0.3 is 15.1 Å². The van der Waals surface area contributed by atoms with Gasteiger partial charge in [0, 0.05) is 30.4 Å². The van der Waals surface area contributed by atoms with Gasteiger partial charge >= 0.3 is 12.1 Å². The third kappa shape index (κ3) is 3.34. The Labute approximate surface area is 154 Å². The molecule has 1 aliphatic rings. The van der Waals surface area contributed by atoms with Crippen LogP contribution in [0, 0.1) is 5.41 Å². The van der Waals surface area contributed by atoms with Crippen LogP contribution in [0.5, 0.6) is 0 Å². The summed E-state index contributed by atoms with van der Waals surface area (Å²) >= 11 is 0. The molecule has 27 heavy (non-hydrogen) atoms. The molecule has 2 atom stereocenters. The fraction of sp³-hybridized carbons (Fsp3) is 0.474. The van der Waals surface area contributed by atoms with Crippen LogP contribution in [0.3, 0.4) is 0 Å². The number of hydrogen-bond acceptors (Lipinski definition) is 4. The summed E-state index contributed by atoms with van der Waals surface area (Å²) in [5.41, 5.74) is -1.67. The van der Waals surface area contributed by atoms with Crippen LogP contribution in [0.25, 0.3) is 10.9 Å². The Kier molecular flexibility index (Phi) is 5.03. The number of nitrogens with zero attached hydrogens (tertiary/aromatic N) is 2. The van der Waals surface area contributed by atoms with Crippen LogP contribution in [0.15, 0.2) is 30.5 Å². The normalized spacial score (nSPS) is 23.6. The lowest BCUT2D eigenvalue weighted by Crippen LogP contribution is -2.54. The molecule has 2 heterocycles. The second-order valence-electron chi connectivity index (χ2n) is 6.95. The van der Waals surface area contributed by atoms with E-state index in [2.05, 4.69) is 4.98 Å². The summed E-state index contributed by atoms with van der Waals surface area (Å²) in [4.78, 5) is 17.4. The first-order valence-corrected chi connectivity index (χ1v) is 8.82. The van der Waals surface area contributed by atoms with Gasteiger partial charge in [-0.2, -0.15) is 13.2 Å². The SMILES string of the molecule is CCC[C@]1(C(=O)O)CCN(c2ccnc3c(C(F)(F)F)cccc23)C[C@H]1O. The summed E-state index contributed by atoms with van der Waals surface area (Å²) in [5, 5.41) is 20.6. The second-order valence-corrected chi connectivity index (χ2v) is 6.95. The number of aliphatic hydroxyl groups excluding tert-OH is 1. The van der Waals surface area contributed by atoms with Crippen LogP contribution in [0.1, 0.15) is 31.7 Å².